The molecule has 0 bridgehead atoms. The van der Waals surface area contributed by atoms with Crippen LogP contribution in [0.25, 0.3) is 11.8 Å². The zero-order chi connectivity index (χ0) is 19.2. The fraction of sp³-hybridized carbons (Fsp3) is 0.190. The molecule has 3 nitrogen and oxygen atoms in total. The molecule has 0 spiro atoms. The zero-order valence-corrected chi connectivity index (χ0v) is 16.8. The number of rotatable bonds is 7. The number of benzene rings is 2. The maximum atomic E-state index is 12.2. The lowest BCUT2D eigenvalue weighted by molar-refractivity contribution is -0.130. The predicted molar refractivity (Wildman–Crippen MR) is 114 cm³/mol. The van der Waals surface area contributed by atoms with E-state index in [0.717, 1.165) is 29.9 Å². The fourth-order valence-corrected chi connectivity index (χ4v) is 3.31. The topological polar surface area (TPSA) is 29.5 Å². The third-order valence-electron chi connectivity index (χ3n) is 4.14. The largest absolute Gasteiger partial charge is 0.422 e. The molecule has 2 aromatic carbocycles. The van der Waals surface area contributed by atoms with Gasteiger partial charge in [0.1, 0.15) is 5.76 Å². The summed E-state index contributed by atoms with van der Waals surface area (Å²) in [5, 5.41) is 0.636. The molecule has 0 atom stereocenters. The standard InChI is InChI=1S/C21H18Cl3NO2/c22-9-11-25(12-10-23)19-7-1-15(2-8-19)13-17-14-20(27-21(17)26)16-3-5-18(24)6-4-16/h1-8,13-14H,9-12H2/b17-13-. The summed E-state index contributed by atoms with van der Waals surface area (Å²) in [5.41, 5.74) is 3.27. The van der Waals surface area contributed by atoms with Crippen LogP contribution >= 0.6 is 34.8 Å². The van der Waals surface area contributed by atoms with Gasteiger partial charge in [-0.15, -0.1) is 23.2 Å². The quantitative estimate of drug-likeness (QED) is 0.330. The van der Waals surface area contributed by atoms with E-state index in [4.69, 9.17) is 39.5 Å². The summed E-state index contributed by atoms with van der Waals surface area (Å²) >= 11 is 17.6. The highest BCUT2D eigenvalue weighted by atomic mass is 35.5. The Labute approximate surface area is 173 Å². The zero-order valence-electron chi connectivity index (χ0n) is 14.5. The van der Waals surface area contributed by atoms with E-state index in [1.54, 1.807) is 18.2 Å². The van der Waals surface area contributed by atoms with Gasteiger partial charge in [0.2, 0.25) is 0 Å². The Morgan fingerprint density at radius 2 is 1.56 bits per heavy atom. The number of alkyl halides is 2. The molecular formula is C21H18Cl3NO2. The summed E-state index contributed by atoms with van der Waals surface area (Å²) in [6, 6.07) is 15.1. The molecule has 0 radical (unpaired) electrons. The van der Waals surface area contributed by atoms with Gasteiger partial charge in [-0.2, -0.15) is 0 Å². The molecule has 0 fully saturated rings. The molecule has 2 aromatic rings. The highest BCUT2D eigenvalue weighted by Gasteiger charge is 2.21. The minimum atomic E-state index is -0.366. The molecule has 0 aromatic heterocycles. The van der Waals surface area contributed by atoms with Gasteiger partial charge in [-0.05, 0) is 54.1 Å². The third-order valence-corrected chi connectivity index (χ3v) is 4.73. The van der Waals surface area contributed by atoms with Gasteiger partial charge in [-0.25, -0.2) is 4.79 Å². The van der Waals surface area contributed by atoms with E-state index in [9.17, 15) is 4.79 Å². The van der Waals surface area contributed by atoms with Gasteiger partial charge in [0.25, 0.3) is 0 Å². The van der Waals surface area contributed by atoms with Crippen LogP contribution in [0, 0.1) is 0 Å². The minimum absolute atomic E-state index is 0.366. The molecule has 3 rings (SSSR count). The number of hydrogen-bond acceptors (Lipinski definition) is 3. The number of carbonyl (C=O) groups is 1. The van der Waals surface area contributed by atoms with Crippen molar-refractivity contribution in [2.45, 2.75) is 0 Å². The summed E-state index contributed by atoms with van der Waals surface area (Å²) in [6.45, 7) is 1.46. The summed E-state index contributed by atoms with van der Waals surface area (Å²) in [4.78, 5) is 14.3. The van der Waals surface area contributed by atoms with Crippen LogP contribution in [0.2, 0.25) is 5.02 Å². The number of anilines is 1. The van der Waals surface area contributed by atoms with E-state index in [0.29, 0.717) is 28.1 Å². The second-order valence-electron chi connectivity index (χ2n) is 5.96. The molecule has 0 saturated carbocycles. The van der Waals surface area contributed by atoms with Crippen LogP contribution in [-0.2, 0) is 9.53 Å². The normalized spacial score (nSPS) is 15.0. The summed E-state index contributed by atoms with van der Waals surface area (Å²) in [6.07, 6.45) is 3.55. The number of ether oxygens (including phenoxy) is 1. The second-order valence-corrected chi connectivity index (χ2v) is 7.15. The monoisotopic (exact) mass is 421 g/mol. The lowest BCUT2D eigenvalue weighted by atomic mass is 10.1. The fourth-order valence-electron chi connectivity index (χ4n) is 2.78. The van der Waals surface area contributed by atoms with Crippen molar-refractivity contribution in [3.8, 4) is 0 Å². The van der Waals surface area contributed by atoms with Crippen LogP contribution < -0.4 is 4.90 Å². The first-order chi connectivity index (χ1) is 13.1. The van der Waals surface area contributed by atoms with Crippen molar-refractivity contribution >= 4 is 58.3 Å². The number of nitrogens with zero attached hydrogens (tertiary/aromatic N) is 1. The minimum Gasteiger partial charge on any atom is -0.422 e. The van der Waals surface area contributed by atoms with Crippen LogP contribution in [0.15, 0.2) is 60.2 Å². The van der Waals surface area contributed by atoms with Crippen molar-refractivity contribution in [1.29, 1.82) is 0 Å². The molecule has 0 unspecified atom stereocenters. The van der Waals surface area contributed by atoms with Crippen molar-refractivity contribution in [3.05, 3.63) is 76.3 Å². The Morgan fingerprint density at radius 3 is 2.15 bits per heavy atom. The van der Waals surface area contributed by atoms with E-state index in [1.807, 2.05) is 42.5 Å². The number of halogens is 3. The molecular weight excluding hydrogens is 405 g/mol. The molecule has 0 amide bonds. The number of esters is 1. The van der Waals surface area contributed by atoms with Crippen molar-refractivity contribution in [2.24, 2.45) is 0 Å². The Morgan fingerprint density at radius 1 is 0.926 bits per heavy atom. The molecule has 27 heavy (non-hydrogen) atoms. The second kappa shape index (κ2) is 9.32. The highest BCUT2D eigenvalue weighted by Crippen LogP contribution is 2.28. The number of cyclic esters (lactones) is 1. The van der Waals surface area contributed by atoms with Gasteiger partial charge in [-0.1, -0.05) is 23.7 Å². The lowest BCUT2D eigenvalue weighted by Crippen LogP contribution is -2.27. The first kappa shape index (κ1) is 19.8. The first-order valence-electron chi connectivity index (χ1n) is 8.49. The third kappa shape index (κ3) is 5.07. The van der Waals surface area contributed by atoms with Crippen molar-refractivity contribution < 1.29 is 9.53 Å². The van der Waals surface area contributed by atoms with Gasteiger partial charge in [0, 0.05) is 41.1 Å². The van der Waals surface area contributed by atoms with Gasteiger partial charge in [0.05, 0.1) is 5.57 Å². The maximum Gasteiger partial charge on any atom is 0.343 e. The highest BCUT2D eigenvalue weighted by molar-refractivity contribution is 6.30. The average molecular weight is 423 g/mol. The molecule has 0 saturated heterocycles. The number of carbonyl (C=O) groups excluding carboxylic acids is 1. The van der Waals surface area contributed by atoms with E-state index < -0.39 is 0 Å². The average Bonchev–Trinajstić information content (AvgIpc) is 3.03. The predicted octanol–water partition coefficient (Wildman–Crippen LogP) is 5.61. The summed E-state index contributed by atoms with van der Waals surface area (Å²) < 4.78 is 5.37. The Hall–Kier alpha value is -1.94. The van der Waals surface area contributed by atoms with Crippen LogP contribution in [0.1, 0.15) is 11.1 Å². The molecule has 140 valence electrons. The van der Waals surface area contributed by atoms with Crippen molar-refractivity contribution in [1.82, 2.24) is 0 Å². The smallest absolute Gasteiger partial charge is 0.343 e. The van der Waals surface area contributed by atoms with Crippen LogP contribution in [-0.4, -0.2) is 30.8 Å². The maximum absolute atomic E-state index is 12.2. The Bertz CT molecular complexity index is 852. The molecule has 1 heterocycles. The van der Waals surface area contributed by atoms with Crippen LogP contribution in [0.4, 0.5) is 5.69 Å². The van der Waals surface area contributed by atoms with Gasteiger partial charge in [0.15, 0.2) is 0 Å². The first-order valence-corrected chi connectivity index (χ1v) is 9.94. The lowest BCUT2D eigenvalue weighted by Gasteiger charge is -2.22. The number of hydrogen-bond donors (Lipinski definition) is 0. The molecule has 0 N–H and O–H groups in total. The van der Waals surface area contributed by atoms with E-state index in [2.05, 4.69) is 4.90 Å². The van der Waals surface area contributed by atoms with Crippen LogP contribution in [0.3, 0.4) is 0 Å². The molecule has 6 heteroatoms. The molecule has 1 aliphatic rings. The summed E-state index contributed by atoms with van der Waals surface area (Å²) in [5.74, 6) is 1.23. The van der Waals surface area contributed by atoms with Gasteiger partial charge >= 0.3 is 5.97 Å². The van der Waals surface area contributed by atoms with E-state index in [-0.39, 0.29) is 5.97 Å². The van der Waals surface area contributed by atoms with E-state index >= 15 is 0 Å². The molecule has 1 aliphatic heterocycles. The Balaban J connectivity index is 1.79. The Kier molecular flexibility index (Phi) is 6.84. The van der Waals surface area contributed by atoms with E-state index in [1.165, 1.54) is 0 Å². The van der Waals surface area contributed by atoms with Gasteiger partial charge < -0.3 is 9.64 Å². The molecule has 0 aliphatic carbocycles. The van der Waals surface area contributed by atoms with Crippen molar-refractivity contribution in [3.63, 3.8) is 0 Å². The van der Waals surface area contributed by atoms with Crippen molar-refractivity contribution in [2.75, 3.05) is 29.7 Å². The van der Waals surface area contributed by atoms with Crippen LogP contribution in [0.5, 0.6) is 0 Å². The van der Waals surface area contributed by atoms with Gasteiger partial charge in [-0.3, -0.25) is 0 Å². The summed E-state index contributed by atoms with van der Waals surface area (Å²) in [7, 11) is 0. The SMILES string of the molecule is O=C1OC(c2ccc(Cl)cc2)=C/C1=C/c1ccc(N(CCCl)CCCl)cc1.